The lowest BCUT2D eigenvalue weighted by atomic mass is 9.91. The van der Waals surface area contributed by atoms with Gasteiger partial charge in [-0.05, 0) is 25.1 Å². The topological polar surface area (TPSA) is 102 Å². The highest BCUT2D eigenvalue weighted by Gasteiger charge is 2.45. The standard InChI is InChI=1S/C11H11ClN2O5S/c1-11(9(15)13-10(16)14-11)7-5-6(20(12,17)18)3-4-8(7)19-2/h3-5H,1-2H3,(H2,13,14,15,16)/t11-/m1/s1. The van der Waals surface area contributed by atoms with Gasteiger partial charge in [-0.1, -0.05) is 0 Å². The van der Waals surface area contributed by atoms with Gasteiger partial charge in [0.25, 0.3) is 15.0 Å². The lowest BCUT2D eigenvalue weighted by Crippen LogP contribution is -2.41. The van der Waals surface area contributed by atoms with Crippen LogP contribution in [0.25, 0.3) is 0 Å². The molecule has 1 heterocycles. The van der Waals surface area contributed by atoms with Crippen LogP contribution in [-0.4, -0.2) is 27.5 Å². The third-order valence-corrected chi connectivity index (χ3v) is 4.39. The molecule has 9 heteroatoms. The van der Waals surface area contributed by atoms with Gasteiger partial charge in [0.05, 0.1) is 12.0 Å². The van der Waals surface area contributed by atoms with Crippen molar-refractivity contribution in [2.75, 3.05) is 7.11 Å². The summed E-state index contributed by atoms with van der Waals surface area (Å²) in [5.41, 5.74) is -1.23. The van der Waals surface area contributed by atoms with E-state index in [4.69, 9.17) is 15.4 Å². The Kier molecular flexibility index (Phi) is 3.39. The van der Waals surface area contributed by atoms with Gasteiger partial charge in [0.2, 0.25) is 0 Å². The first kappa shape index (κ1) is 14.6. The van der Waals surface area contributed by atoms with Gasteiger partial charge < -0.3 is 10.1 Å². The van der Waals surface area contributed by atoms with Crippen molar-refractivity contribution in [2.24, 2.45) is 0 Å². The molecule has 1 aliphatic heterocycles. The van der Waals surface area contributed by atoms with E-state index in [9.17, 15) is 18.0 Å². The van der Waals surface area contributed by atoms with Crippen LogP contribution < -0.4 is 15.4 Å². The zero-order valence-corrected chi connectivity index (χ0v) is 12.1. The lowest BCUT2D eigenvalue weighted by Gasteiger charge is -2.23. The molecule has 1 aliphatic rings. The SMILES string of the molecule is COc1ccc(S(=O)(=O)Cl)cc1[C@@]1(C)NC(=O)NC1=O. The highest BCUT2D eigenvalue weighted by molar-refractivity contribution is 8.13. The fraction of sp³-hybridized carbons (Fsp3) is 0.273. The van der Waals surface area contributed by atoms with Crippen molar-refractivity contribution in [3.8, 4) is 5.75 Å². The number of carbonyl (C=O) groups is 2. The average molecular weight is 319 g/mol. The Balaban J connectivity index is 2.66. The third-order valence-electron chi connectivity index (χ3n) is 3.04. The van der Waals surface area contributed by atoms with E-state index >= 15 is 0 Å². The van der Waals surface area contributed by atoms with E-state index in [1.54, 1.807) is 0 Å². The van der Waals surface area contributed by atoms with Gasteiger partial charge in [-0.2, -0.15) is 0 Å². The maximum absolute atomic E-state index is 11.9. The molecule has 1 fully saturated rings. The van der Waals surface area contributed by atoms with E-state index in [0.717, 1.165) is 0 Å². The highest BCUT2D eigenvalue weighted by Crippen LogP contribution is 2.34. The van der Waals surface area contributed by atoms with Crippen molar-refractivity contribution in [3.63, 3.8) is 0 Å². The largest absolute Gasteiger partial charge is 0.496 e. The van der Waals surface area contributed by atoms with Crippen molar-refractivity contribution in [2.45, 2.75) is 17.4 Å². The summed E-state index contributed by atoms with van der Waals surface area (Å²) in [6.07, 6.45) is 0. The summed E-state index contributed by atoms with van der Waals surface area (Å²) in [5.74, 6) is -0.348. The molecule has 0 saturated carbocycles. The second kappa shape index (κ2) is 4.64. The van der Waals surface area contributed by atoms with Gasteiger partial charge in [0.15, 0.2) is 0 Å². The zero-order valence-electron chi connectivity index (χ0n) is 10.6. The van der Waals surface area contributed by atoms with Crippen LogP contribution in [0.2, 0.25) is 0 Å². The Morgan fingerprint density at radius 1 is 1.30 bits per heavy atom. The molecule has 1 atom stereocenters. The minimum absolute atomic E-state index is 0.190. The molecule has 0 unspecified atom stereocenters. The zero-order chi connectivity index (χ0) is 15.1. The maximum Gasteiger partial charge on any atom is 0.322 e. The van der Waals surface area contributed by atoms with Crippen LogP contribution in [-0.2, 0) is 19.4 Å². The first-order valence-corrected chi connectivity index (χ1v) is 7.76. The molecule has 1 aromatic carbocycles. The van der Waals surface area contributed by atoms with Crippen LogP contribution in [0, 0.1) is 0 Å². The molecular weight excluding hydrogens is 308 g/mol. The summed E-state index contributed by atoms with van der Waals surface area (Å²) < 4.78 is 27.9. The Labute approximate surface area is 119 Å². The van der Waals surface area contributed by atoms with Crippen LogP contribution in [0.3, 0.4) is 0 Å². The number of hydrogen-bond acceptors (Lipinski definition) is 5. The number of methoxy groups -OCH3 is 1. The number of urea groups is 1. The smallest absolute Gasteiger partial charge is 0.322 e. The molecule has 1 saturated heterocycles. The number of amides is 3. The molecule has 0 aromatic heterocycles. The van der Waals surface area contributed by atoms with Crippen LogP contribution in [0.15, 0.2) is 23.1 Å². The van der Waals surface area contributed by atoms with Crippen molar-refractivity contribution in [1.82, 2.24) is 10.6 Å². The van der Waals surface area contributed by atoms with Crippen molar-refractivity contribution >= 4 is 31.7 Å². The highest BCUT2D eigenvalue weighted by atomic mass is 35.7. The number of halogens is 1. The predicted octanol–water partition coefficient (Wildman–Crippen LogP) is 0.677. The lowest BCUT2D eigenvalue weighted by molar-refractivity contribution is -0.123. The summed E-state index contributed by atoms with van der Waals surface area (Å²) >= 11 is 0. The number of ether oxygens (including phenoxy) is 1. The molecule has 20 heavy (non-hydrogen) atoms. The molecule has 1 aromatic rings. The second-order valence-electron chi connectivity index (χ2n) is 4.33. The normalized spacial score (nSPS) is 22.4. The first-order valence-electron chi connectivity index (χ1n) is 5.45. The molecule has 2 N–H and O–H groups in total. The number of rotatable bonds is 3. The average Bonchev–Trinajstić information content (AvgIpc) is 2.62. The van der Waals surface area contributed by atoms with Crippen LogP contribution in [0.5, 0.6) is 5.75 Å². The molecule has 0 aliphatic carbocycles. The molecule has 0 bridgehead atoms. The van der Waals surface area contributed by atoms with Gasteiger partial charge in [0.1, 0.15) is 11.3 Å². The molecule has 7 nitrogen and oxygen atoms in total. The van der Waals surface area contributed by atoms with Gasteiger partial charge in [-0.3, -0.25) is 10.1 Å². The quantitative estimate of drug-likeness (QED) is 0.630. The summed E-state index contributed by atoms with van der Waals surface area (Å²) in [7, 11) is 2.69. The fourth-order valence-corrected chi connectivity index (χ4v) is 2.74. The first-order chi connectivity index (χ1) is 9.18. The minimum atomic E-state index is -3.97. The Hall–Kier alpha value is -1.80. The van der Waals surface area contributed by atoms with Crippen LogP contribution >= 0.6 is 10.7 Å². The minimum Gasteiger partial charge on any atom is -0.496 e. The van der Waals surface area contributed by atoms with Crippen molar-refractivity contribution < 1.29 is 22.7 Å². The fourth-order valence-electron chi connectivity index (χ4n) is 1.96. The molecule has 3 amide bonds. The van der Waals surface area contributed by atoms with Crippen LogP contribution in [0.4, 0.5) is 4.79 Å². The Morgan fingerprint density at radius 3 is 2.40 bits per heavy atom. The number of hydrogen-bond donors (Lipinski definition) is 2. The second-order valence-corrected chi connectivity index (χ2v) is 6.90. The van der Waals surface area contributed by atoms with E-state index in [-0.39, 0.29) is 16.2 Å². The molecule has 0 radical (unpaired) electrons. The van der Waals surface area contributed by atoms with E-state index in [2.05, 4.69) is 10.6 Å². The monoisotopic (exact) mass is 318 g/mol. The van der Waals surface area contributed by atoms with E-state index in [0.29, 0.717) is 0 Å². The number of benzene rings is 1. The summed E-state index contributed by atoms with van der Waals surface area (Å²) in [6.45, 7) is 1.44. The third kappa shape index (κ3) is 2.32. The molecule has 108 valence electrons. The Bertz CT molecular complexity index is 703. The number of carbonyl (C=O) groups excluding carboxylic acids is 2. The summed E-state index contributed by atoms with van der Waals surface area (Å²) in [4.78, 5) is 23.0. The number of nitrogens with one attached hydrogen (secondary N) is 2. The van der Waals surface area contributed by atoms with Gasteiger partial charge in [0, 0.05) is 16.2 Å². The maximum atomic E-state index is 11.9. The molecular formula is C11H11ClN2O5S. The van der Waals surface area contributed by atoms with E-state index in [1.165, 1.54) is 32.2 Å². The molecule has 0 spiro atoms. The van der Waals surface area contributed by atoms with Gasteiger partial charge in [-0.25, -0.2) is 13.2 Å². The molecule has 2 rings (SSSR count). The Morgan fingerprint density at radius 2 is 1.95 bits per heavy atom. The van der Waals surface area contributed by atoms with Crippen LogP contribution in [0.1, 0.15) is 12.5 Å². The van der Waals surface area contributed by atoms with Crippen molar-refractivity contribution in [3.05, 3.63) is 23.8 Å². The summed E-state index contributed by atoms with van der Waals surface area (Å²) in [6, 6.07) is 3.15. The van der Waals surface area contributed by atoms with E-state index in [1.807, 2.05) is 0 Å². The van der Waals surface area contributed by atoms with E-state index < -0.39 is 26.5 Å². The summed E-state index contributed by atoms with van der Waals surface area (Å²) in [5, 5.41) is 4.52. The number of imide groups is 1. The van der Waals surface area contributed by atoms with Gasteiger partial charge >= 0.3 is 6.03 Å². The van der Waals surface area contributed by atoms with Gasteiger partial charge in [-0.15, -0.1) is 0 Å². The predicted molar refractivity (Wildman–Crippen MR) is 70.1 cm³/mol. The van der Waals surface area contributed by atoms with Crippen molar-refractivity contribution in [1.29, 1.82) is 0 Å².